The number of aliphatic hydroxyl groups is 1. The number of anilines is 1. The number of hydrogen-bond donors (Lipinski definition) is 2. The number of carbonyl (C=O) groups excluding carboxylic acids is 1. The summed E-state index contributed by atoms with van der Waals surface area (Å²) in [6, 6.07) is 5.40. The van der Waals surface area contributed by atoms with Crippen LogP contribution in [0.4, 0.5) is 5.69 Å². The molecular formula is C13H16N2O4. The minimum atomic E-state index is -0.227. The monoisotopic (exact) mass is 264 g/mol. The van der Waals surface area contributed by atoms with Crippen molar-refractivity contribution in [1.82, 2.24) is 5.32 Å². The Morgan fingerprint density at radius 2 is 2.11 bits per heavy atom. The van der Waals surface area contributed by atoms with Crippen molar-refractivity contribution < 1.29 is 19.4 Å². The fourth-order valence-corrected chi connectivity index (χ4v) is 2.35. The number of hydrogen-bond acceptors (Lipinski definition) is 5. The largest absolute Gasteiger partial charge is 0.486 e. The normalized spacial score (nSPS) is 22.1. The molecule has 0 spiro atoms. The number of nitrogens with zero attached hydrogens (tertiary/aromatic N) is 1. The molecule has 1 aromatic rings. The minimum absolute atomic E-state index is 0.0627. The minimum Gasteiger partial charge on any atom is -0.486 e. The van der Waals surface area contributed by atoms with Crippen LogP contribution in [-0.4, -0.2) is 50.0 Å². The van der Waals surface area contributed by atoms with Crippen LogP contribution >= 0.6 is 0 Å². The maximum absolute atomic E-state index is 11.6. The van der Waals surface area contributed by atoms with E-state index in [0.717, 1.165) is 11.4 Å². The lowest BCUT2D eigenvalue weighted by Crippen LogP contribution is -2.55. The van der Waals surface area contributed by atoms with E-state index in [4.69, 9.17) is 9.47 Å². The van der Waals surface area contributed by atoms with E-state index in [2.05, 4.69) is 5.32 Å². The van der Waals surface area contributed by atoms with E-state index in [9.17, 15) is 9.90 Å². The molecule has 2 aliphatic heterocycles. The summed E-state index contributed by atoms with van der Waals surface area (Å²) < 4.78 is 11.0. The highest BCUT2D eigenvalue weighted by Crippen LogP contribution is 2.34. The highest BCUT2D eigenvalue weighted by atomic mass is 16.6. The molecule has 102 valence electrons. The SMILES string of the molecule is O=C1CN(c2ccc3c(c2)OCCO3)CC(CO)N1. The highest BCUT2D eigenvalue weighted by Gasteiger charge is 2.25. The zero-order chi connectivity index (χ0) is 13.2. The lowest BCUT2D eigenvalue weighted by molar-refractivity contribution is -0.121. The van der Waals surface area contributed by atoms with Gasteiger partial charge in [0, 0.05) is 18.3 Å². The zero-order valence-corrected chi connectivity index (χ0v) is 10.5. The molecule has 6 nitrogen and oxygen atoms in total. The van der Waals surface area contributed by atoms with E-state index in [0.29, 0.717) is 25.5 Å². The molecule has 1 fully saturated rings. The zero-order valence-electron chi connectivity index (χ0n) is 10.5. The van der Waals surface area contributed by atoms with Crippen LogP contribution in [0.2, 0.25) is 0 Å². The summed E-state index contributed by atoms with van der Waals surface area (Å²) in [4.78, 5) is 13.5. The highest BCUT2D eigenvalue weighted by molar-refractivity contribution is 5.83. The fraction of sp³-hybridized carbons (Fsp3) is 0.462. The molecule has 0 aliphatic carbocycles. The predicted octanol–water partition coefficient (Wildman–Crippen LogP) is -0.245. The number of aliphatic hydroxyl groups excluding tert-OH is 1. The molecule has 1 amide bonds. The van der Waals surface area contributed by atoms with Crippen molar-refractivity contribution in [3.05, 3.63) is 18.2 Å². The molecule has 1 atom stereocenters. The number of piperazine rings is 1. The Morgan fingerprint density at radius 1 is 1.32 bits per heavy atom. The van der Waals surface area contributed by atoms with Crippen LogP contribution in [0.15, 0.2) is 18.2 Å². The lowest BCUT2D eigenvalue weighted by atomic mass is 10.1. The topological polar surface area (TPSA) is 71.0 Å². The van der Waals surface area contributed by atoms with Crippen LogP contribution in [0.5, 0.6) is 11.5 Å². The van der Waals surface area contributed by atoms with Gasteiger partial charge in [-0.05, 0) is 12.1 Å². The Morgan fingerprint density at radius 3 is 2.89 bits per heavy atom. The summed E-state index contributed by atoms with van der Waals surface area (Å²) in [6.45, 7) is 1.91. The first-order valence-corrected chi connectivity index (χ1v) is 6.31. The Bertz CT molecular complexity index is 492. The van der Waals surface area contributed by atoms with E-state index >= 15 is 0 Å². The number of benzene rings is 1. The summed E-state index contributed by atoms with van der Waals surface area (Å²) in [5.74, 6) is 1.35. The Balaban J connectivity index is 1.83. The Kier molecular flexibility index (Phi) is 3.16. The quantitative estimate of drug-likeness (QED) is 0.771. The maximum atomic E-state index is 11.6. The molecule has 0 radical (unpaired) electrons. The lowest BCUT2D eigenvalue weighted by Gasteiger charge is -2.34. The first-order chi connectivity index (χ1) is 9.26. The molecule has 0 aromatic heterocycles. The number of nitrogens with one attached hydrogen (secondary N) is 1. The summed E-state index contributed by atoms with van der Waals surface area (Å²) in [7, 11) is 0. The Hall–Kier alpha value is -1.95. The first-order valence-electron chi connectivity index (χ1n) is 6.31. The van der Waals surface area contributed by atoms with Crippen molar-refractivity contribution in [2.45, 2.75) is 6.04 Å². The van der Waals surface area contributed by atoms with Crippen LogP contribution in [0, 0.1) is 0 Å². The number of fused-ring (bicyclic) bond motifs is 1. The van der Waals surface area contributed by atoms with Crippen LogP contribution in [0.3, 0.4) is 0 Å². The standard InChI is InChI=1S/C13H16N2O4/c16-8-9-6-15(7-13(17)14-9)10-1-2-11-12(5-10)19-4-3-18-11/h1-2,5,9,16H,3-4,6-8H2,(H,14,17). The van der Waals surface area contributed by atoms with Crippen LogP contribution in [0.1, 0.15) is 0 Å². The second kappa shape index (κ2) is 4.97. The molecule has 6 heteroatoms. The molecule has 2 heterocycles. The van der Waals surface area contributed by atoms with Crippen molar-refractivity contribution >= 4 is 11.6 Å². The molecule has 1 saturated heterocycles. The van der Waals surface area contributed by atoms with Gasteiger partial charge in [-0.15, -0.1) is 0 Å². The van der Waals surface area contributed by atoms with Crippen LogP contribution < -0.4 is 19.7 Å². The van der Waals surface area contributed by atoms with Gasteiger partial charge in [0.1, 0.15) is 13.2 Å². The smallest absolute Gasteiger partial charge is 0.239 e. The van der Waals surface area contributed by atoms with Crippen molar-refractivity contribution in [1.29, 1.82) is 0 Å². The number of amides is 1. The van der Waals surface area contributed by atoms with Gasteiger partial charge in [-0.2, -0.15) is 0 Å². The van der Waals surface area contributed by atoms with Gasteiger partial charge in [-0.25, -0.2) is 0 Å². The Labute approximate surface area is 110 Å². The van der Waals surface area contributed by atoms with Gasteiger partial charge in [0.2, 0.25) is 5.91 Å². The molecule has 19 heavy (non-hydrogen) atoms. The van der Waals surface area contributed by atoms with Crippen molar-refractivity contribution in [2.75, 3.05) is 37.8 Å². The van der Waals surface area contributed by atoms with E-state index in [1.165, 1.54) is 0 Å². The van der Waals surface area contributed by atoms with E-state index in [-0.39, 0.29) is 25.1 Å². The molecule has 2 N–H and O–H groups in total. The van der Waals surface area contributed by atoms with Crippen molar-refractivity contribution in [2.24, 2.45) is 0 Å². The van der Waals surface area contributed by atoms with Gasteiger partial charge < -0.3 is 24.8 Å². The maximum Gasteiger partial charge on any atom is 0.239 e. The number of ether oxygens (including phenoxy) is 2. The van der Waals surface area contributed by atoms with Gasteiger partial charge in [-0.3, -0.25) is 4.79 Å². The summed E-state index contributed by atoms with van der Waals surface area (Å²) in [5, 5.41) is 11.9. The van der Waals surface area contributed by atoms with Gasteiger partial charge >= 0.3 is 0 Å². The summed E-state index contributed by atoms with van der Waals surface area (Å²) in [5.41, 5.74) is 0.901. The molecule has 3 rings (SSSR count). The van der Waals surface area contributed by atoms with Crippen molar-refractivity contribution in [3.8, 4) is 11.5 Å². The fourth-order valence-electron chi connectivity index (χ4n) is 2.35. The average Bonchev–Trinajstić information content (AvgIpc) is 2.46. The van der Waals surface area contributed by atoms with Gasteiger partial charge in [0.15, 0.2) is 11.5 Å². The average molecular weight is 264 g/mol. The second-order valence-corrected chi connectivity index (χ2v) is 4.66. The molecule has 1 unspecified atom stereocenters. The van der Waals surface area contributed by atoms with E-state index < -0.39 is 0 Å². The predicted molar refractivity (Wildman–Crippen MR) is 68.7 cm³/mol. The van der Waals surface area contributed by atoms with Gasteiger partial charge in [0.25, 0.3) is 0 Å². The molecular weight excluding hydrogens is 248 g/mol. The first kappa shape index (κ1) is 12.1. The third-order valence-corrected chi connectivity index (χ3v) is 3.25. The number of rotatable bonds is 2. The van der Waals surface area contributed by atoms with Crippen molar-refractivity contribution in [3.63, 3.8) is 0 Å². The third-order valence-electron chi connectivity index (χ3n) is 3.25. The van der Waals surface area contributed by atoms with E-state index in [1.54, 1.807) is 0 Å². The van der Waals surface area contributed by atoms with Crippen LogP contribution in [0.25, 0.3) is 0 Å². The molecule has 2 aliphatic rings. The van der Waals surface area contributed by atoms with Gasteiger partial charge in [-0.1, -0.05) is 0 Å². The second-order valence-electron chi connectivity index (χ2n) is 4.66. The summed E-state index contributed by atoms with van der Waals surface area (Å²) >= 11 is 0. The van der Waals surface area contributed by atoms with Crippen LogP contribution in [-0.2, 0) is 4.79 Å². The summed E-state index contributed by atoms with van der Waals surface area (Å²) in [6.07, 6.45) is 0. The molecule has 1 aromatic carbocycles. The molecule has 0 saturated carbocycles. The van der Waals surface area contributed by atoms with Gasteiger partial charge in [0.05, 0.1) is 19.2 Å². The third kappa shape index (κ3) is 2.44. The molecule has 0 bridgehead atoms. The number of carbonyl (C=O) groups is 1. The van der Waals surface area contributed by atoms with E-state index in [1.807, 2.05) is 23.1 Å².